The van der Waals surface area contributed by atoms with Gasteiger partial charge in [-0.3, -0.25) is 14.6 Å². The summed E-state index contributed by atoms with van der Waals surface area (Å²) in [4.78, 5) is 39.6. The zero-order valence-corrected chi connectivity index (χ0v) is 19.5. The molecule has 5 rings (SSSR count). The lowest BCUT2D eigenvalue weighted by Crippen LogP contribution is -2.38. The van der Waals surface area contributed by atoms with Gasteiger partial charge >= 0.3 is 0 Å². The smallest absolute Gasteiger partial charge is 0.225 e. The van der Waals surface area contributed by atoms with Gasteiger partial charge in [-0.1, -0.05) is 6.07 Å². The third-order valence-electron chi connectivity index (χ3n) is 6.08. The first-order valence-corrected chi connectivity index (χ1v) is 12.2. The van der Waals surface area contributed by atoms with Gasteiger partial charge in [0.1, 0.15) is 0 Å². The van der Waals surface area contributed by atoms with E-state index in [0.717, 1.165) is 67.6 Å². The van der Waals surface area contributed by atoms with Crippen LogP contribution in [0.4, 0.5) is 5.95 Å². The summed E-state index contributed by atoms with van der Waals surface area (Å²) in [7, 11) is 0. The highest BCUT2D eigenvalue weighted by molar-refractivity contribution is 8.18. The number of hydrogen-bond donors (Lipinski definition) is 1. The Bertz CT molecular complexity index is 1200. The van der Waals surface area contributed by atoms with Gasteiger partial charge in [0.15, 0.2) is 5.78 Å². The molecule has 9 heteroatoms. The number of nitrogens with one attached hydrogen (secondary N) is 1. The van der Waals surface area contributed by atoms with Gasteiger partial charge in [0.25, 0.3) is 0 Å². The second-order valence-electron chi connectivity index (χ2n) is 8.45. The SMILES string of the molecule is O=C1CC(=O)/C(=C/c2ccnc(N3CCC(CNCc4cccnc4-c4ccoc4)CC3)n2)S1. The zero-order valence-electron chi connectivity index (χ0n) is 18.6. The Hall–Kier alpha value is -3.30. The van der Waals surface area contributed by atoms with Crippen LogP contribution in [0.25, 0.3) is 17.3 Å². The van der Waals surface area contributed by atoms with Gasteiger partial charge in [0, 0.05) is 37.6 Å². The van der Waals surface area contributed by atoms with Crippen LogP contribution >= 0.6 is 11.8 Å². The van der Waals surface area contributed by atoms with Crippen LogP contribution < -0.4 is 10.2 Å². The van der Waals surface area contributed by atoms with Crippen LogP contribution in [0.5, 0.6) is 0 Å². The number of Topliss-reactive ketones (excluding diaryl/α,β-unsaturated/α-hetero) is 1. The number of carbonyl (C=O) groups is 2. The van der Waals surface area contributed by atoms with Gasteiger partial charge < -0.3 is 14.6 Å². The van der Waals surface area contributed by atoms with E-state index in [0.29, 0.717) is 22.5 Å². The molecule has 0 radical (unpaired) electrons. The number of thioether (sulfide) groups is 1. The van der Waals surface area contributed by atoms with Crippen LogP contribution in [0.3, 0.4) is 0 Å². The van der Waals surface area contributed by atoms with E-state index in [1.54, 1.807) is 37.1 Å². The number of anilines is 1. The van der Waals surface area contributed by atoms with Crippen molar-refractivity contribution in [3.8, 4) is 11.3 Å². The maximum absolute atomic E-state index is 11.9. The van der Waals surface area contributed by atoms with E-state index < -0.39 is 0 Å². The summed E-state index contributed by atoms with van der Waals surface area (Å²) in [6.45, 7) is 3.46. The third kappa shape index (κ3) is 5.26. The number of rotatable bonds is 7. The van der Waals surface area contributed by atoms with Crippen molar-refractivity contribution in [3.63, 3.8) is 0 Å². The Morgan fingerprint density at radius 1 is 1.15 bits per heavy atom. The molecule has 5 heterocycles. The first-order chi connectivity index (χ1) is 16.7. The quantitative estimate of drug-likeness (QED) is 0.405. The normalized spacial score (nSPS) is 18.2. The molecule has 0 amide bonds. The Morgan fingerprint density at radius 3 is 2.79 bits per heavy atom. The summed E-state index contributed by atoms with van der Waals surface area (Å²) in [5.74, 6) is 1.11. The molecule has 0 bridgehead atoms. The number of furan rings is 1. The first kappa shape index (κ1) is 22.5. The Morgan fingerprint density at radius 2 is 2.03 bits per heavy atom. The highest BCUT2D eigenvalue weighted by Gasteiger charge is 2.26. The molecule has 1 N–H and O–H groups in total. The molecule has 0 aliphatic carbocycles. The van der Waals surface area contributed by atoms with Crippen molar-refractivity contribution in [2.75, 3.05) is 24.5 Å². The molecule has 0 unspecified atom stereocenters. The second-order valence-corrected chi connectivity index (χ2v) is 9.55. The van der Waals surface area contributed by atoms with E-state index in [9.17, 15) is 9.59 Å². The van der Waals surface area contributed by atoms with Crippen LogP contribution in [0.2, 0.25) is 0 Å². The molecule has 2 saturated heterocycles. The Labute approximate surface area is 201 Å². The van der Waals surface area contributed by atoms with Crippen molar-refractivity contribution in [2.24, 2.45) is 5.92 Å². The predicted octanol–water partition coefficient (Wildman–Crippen LogP) is 3.71. The molecule has 8 nitrogen and oxygen atoms in total. The number of ketones is 1. The molecule has 2 aliphatic rings. The van der Waals surface area contributed by atoms with E-state index >= 15 is 0 Å². The summed E-state index contributed by atoms with van der Waals surface area (Å²) in [5.41, 5.74) is 3.75. The van der Waals surface area contributed by atoms with Crippen molar-refractivity contribution < 1.29 is 14.0 Å². The van der Waals surface area contributed by atoms with Crippen LogP contribution in [0.1, 0.15) is 30.5 Å². The third-order valence-corrected chi connectivity index (χ3v) is 7.02. The van der Waals surface area contributed by atoms with Crippen molar-refractivity contribution in [1.29, 1.82) is 0 Å². The Kier molecular flexibility index (Phi) is 6.82. The molecule has 0 saturated carbocycles. The van der Waals surface area contributed by atoms with Crippen molar-refractivity contribution >= 4 is 34.7 Å². The average Bonchev–Trinajstić information content (AvgIpc) is 3.50. The summed E-state index contributed by atoms with van der Waals surface area (Å²) in [5, 5.41) is 3.49. The monoisotopic (exact) mass is 475 g/mol. The fraction of sp³-hybridized carbons (Fsp3) is 0.320. The van der Waals surface area contributed by atoms with Crippen molar-refractivity contribution in [2.45, 2.75) is 25.8 Å². The lowest BCUT2D eigenvalue weighted by molar-refractivity contribution is -0.119. The van der Waals surface area contributed by atoms with Crippen LogP contribution in [-0.2, 0) is 16.1 Å². The molecular weight excluding hydrogens is 450 g/mol. The minimum Gasteiger partial charge on any atom is -0.472 e. The molecular formula is C25H25N5O3S. The van der Waals surface area contributed by atoms with Gasteiger partial charge in [-0.2, -0.15) is 0 Å². The standard InChI is InChI=1S/C25H25N5O3S/c31-21-13-23(32)34-22(21)12-20-3-8-28-25(29-20)30-9-4-17(5-10-30)14-26-15-18-2-1-7-27-24(18)19-6-11-33-16-19/h1-3,6-8,11-12,16-17,26H,4-5,9-10,13-15H2/b22-12-. The molecule has 2 aliphatic heterocycles. The minimum atomic E-state index is -0.133. The summed E-state index contributed by atoms with van der Waals surface area (Å²) in [6.07, 6.45) is 10.7. The fourth-order valence-corrected chi connectivity index (χ4v) is 5.08. The summed E-state index contributed by atoms with van der Waals surface area (Å²) >= 11 is 0.999. The molecule has 0 spiro atoms. The molecule has 0 aromatic carbocycles. The van der Waals surface area contributed by atoms with Crippen molar-refractivity contribution in [1.82, 2.24) is 20.3 Å². The van der Waals surface area contributed by atoms with E-state index in [1.165, 1.54) is 0 Å². The van der Waals surface area contributed by atoms with Crippen LogP contribution in [0, 0.1) is 5.92 Å². The lowest BCUT2D eigenvalue weighted by atomic mass is 9.97. The first-order valence-electron chi connectivity index (χ1n) is 11.4. The molecule has 0 atom stereocenters. The van der Waals surface area contributed by atoms with Gasteiger partial charge in [-0.15, -0.1) is 0 Å². The largest absolute Gasteiger partial charge is 0.472 e. The van der Waals surface area contributed by atoms with E-state index in [-0.39, 0.29) is 17.3 Å². The van der Waals surface area contributed by atoms with Gasteiger partial charge in [0.05, 0.1) is 35.2 Å². The lowest BCUT2D eigenvalue weighted by Gasteiger charge is -2.32. The van der Waals surface area contributed by atoms with Gasteiger partial charge in [-0.05, 0) is 66.9 Å². The maximum Gasteiger partial charge on any atom is 0.225 e. The predicted molar refractivity (Wildman–Crippen MR) is 131 cm³/mol. The minimum absolute atomic E-state index is 0.0264. The van der Waals surface area contributed by atoms with Crippen LogP contribution in [-0.4, -0.2) is 45.5 Å². The number of hydrogen-bond acceptors (Lipinski definition) is 9. The average molecular weight is 476 g/mol. The number of nitrogens with zero attached hydrogens (tertiary/aromatic N) is 4. The highest BCUT2D eigenvalue weighted by atomic mass is 32.2. The highest BCUT2D eigenvalue weighted by Crippen LogP contribution is 2.30. The number of piperidine rings is 1. The fourth-order valence-electron chi connectivity index (χ4n) is 4.26. The number of pyridine rings is 1. The van der Waals surface area contributed by atoms with Gasteiger partial charge in [0.2, 0.25) is 11.1 Å². The number of allylic oxidation sites excluding steroid dienone is 1. The zero-order chi connectivity index (χ0) is 23.3. The van der Waals surface area contributed by atoms with E-state index in [1.807, 2.05) is 12.1 Å². The molecule has 174 valence electrons. The number of aromatic nitrogens is 3. The molecule has 2 fully saturated rings. The number of carbonyl (C=O) groups excluding carboxylic acids is 2. The Balaban J connectivity index is 1.13. The molecule has 3 aromatic rings. The molecule has 3 aromatic heterocycles. The van der Waals surface area contributed by atoms with Gasteiger partial charge in [-0.25, -0.2) is 9.97 Å². The summed E-state index contributed by atoms with van der Waals surface area (Å²) < 4.78 is 5.21. The molecule has 34 heavy (non-hydrogen) atoms. The maximum atomic E-state index is 11.9. The summed E-state index contributed by atoms with van der Waals surface area (Å²) in [6, 6.07) is 7.75. The second kappa shape index (κ2) is 10.3. The van der Waals surface area contributed by atoms with Crippen LogP contribution in [0.15, 0.2) is 58.5 Å². The van der Waals surface area contributed by atoms with E-state index in [4.69, 9.17) is 4.42 Å². The van der Waals surface area contributed by atoms with Crippen molar-refractivity contribution in [3.05, 3.63) is 65.3 Å². The topological polar surface area (TPSA) is 101 Å². The van der Waals surface area contributed by atoms with E-state index in [2.05, 4.69) is 31.2 Å².